The van der Waals surface area contributed by atoms with Gasteiger partial charge in [0.2, 0.25) is 0 Å². The largest absolute Gasteiger partial charge is 0.497 e. The molecule has 0 aliphatic heterocycles. The Labute approximate surface area is 118 Å². The number of ether oxygens (including phenoxy) is 1. The molecule has 0 radical (unpaired) electrons. The third kappa shape index (κ3) is 2.12. The van der Waals surface area contributed by atoms with Gasteiger partial charge in [-0.15, -0.1) is 11.3 Å². The lowest BCUT2D eigenvalue weighted by atomic mass is 9.90. The Kier molecular flexibility index (Phi) is 3.23. The van der Waals surface area contributed by atoms with Crippen LogP contribution < -0.4 is 10.5 Å². The molecule has 0 spiro atoms. The van der Waals surface area contributed by atoms with Crippen LogP contribution in [-0.2, 0) is 12.8 Å². The number of anilines is 1. The first kappa shape index (κ1) is 12.5. The van der Waals surface area contributed by atoms with E-state index in [9.17, 15) is 0 Å². The summed E-state index contributed by atoms with van der Waals surface area (Å²) in [6, 6.07) is 6.25. The summed E-state index contributed by atoms with van der Waals surface area (Å²) >= 11 is 1.78. The molecule has 0 unspecified atom stereocenters. The first-order valence-electron chi connectivity index (χ1n) is 6.75. The minimum Gasteiger partial charge on any atom is -0.497 e. The molecule has 0 bridgehead atoms. The lowest BCUT2D eigenvalue weighted by Crippen LogP contribution is -2.00. The van der Waals surface area contributed by atoms with Crippen molar-refractivity contribution in [1.29, 1.82) is 0 Å². The number of fused-ring (bicyclic) bond motifs is 1. The predicted octanol–water partition coefficient (Wildman–Crippen LogP) is 4.19. The molecular formula is C16H19NOS. The Morgan fingerprint density at radius 1 is 1.21 bits per heavy atom. The van der Waals surface area contributed by atoms with Gasteiger partial charge in [-0.3, -0.25) is 0 Å². The Hall–Kier alpha value is -1.48. The number of nitrogen functional groups attached to an aromatic ring is 1. The van der Waals surface area contributed by atoms with Gasteiger partial charge in [-0.2, -0.15) is 0 Å². The average Bonchev–Trinajstić information content (AvgIpc) is 2.75. The van der Waals surface area contributed by atoms with Crippen LogP contribution in [-0.4, -0.2) is 7.11 Å². The minimum absolute atomic E-state index is 0.906. The summed E-state index contributed by atoms with van der Waals surface area (Å²) in [5.74, 6) is 0.906. The second-order valence-corrected chi connectivity index (χ2v) is 6.27. The summed E-state index contributed by atoms with van der Waals surface area (Å²) in [6.07, 6.45) is 4.95. The topological polar surface area (TPSA) is 35.2 Å². The minimum atomic E-state index is 0.906. The van der Waals surface area contributed by atoms with E-state index in [1.807, 2.05) is 6.07 Å². The van der Waals surface area contributed by atoms with E-state index in [1.54, 1.807) is 18.4 Å². The SMILES string of the molecule is COc1ccc(-c2c(N)sc3c2CCCC3)c(C)c1. The number of methoxy groups -OCH3 is 1. The molecule has 0 amide bonds. The molecule has 0 atom stereocenters. The first-order chi connectivity index (χ1) is 9.20. The molecule has 0 saturated heterocycles. The lowest BCUT2D eigenvalue weighted by Gasteiger charge is -2.14. The van der Waals surface area contributed by atoms with Crippen LogP contribution in [0.4, 0.5) is 5.00 Å². The van der Waals surface area contributed by atoms with Gasteiger partial charge in [0.1, 0.15) is 5.75 Å². The highest BCUT2D eigenvalue weighted by Crippen LogP contribution is 2.43. The Morgan fingerprint density at radius 3 is 2.74 bits per heavy atom. The van der Waals surface area contributed by atoms with Gasteiger partial charge in [-0.05, 0) is 61.4 Å². The van der Waals surface area contributed by atoms with Crippen LogP contribution in [0.15, 0.2) is 18.2 Å². The summed E-state index contributed by atoms with van der Waals surface area (Å²) in [7, 11) is 1.70. The molecule has 100 valence electrons. The fraction of sp³-hybridized carbons (Fsp3) is 0.375. The van der Waals surface area contributed by atoms with Crippen LogP contribution in [0.2, 0.25) is 0 Å². The van der Waals surface area contributed by atoms with Gasteiger partial charge in [0, 0.05) is 10.4 Å². The molecule has 1 aliphatic carbocycles. The molecule has 0 saturated carbocycles. The van der Waals surface area contributed by atoms with Crippen LogP contribution >= 0.6 is 11.3 Å². The molecule has 2 aromatic rings. The molecule has 2 N–H and O–H groups in total. The molecule has 19 heavy (non-hydrogen) atoms. The zero-order chi connectivity index (χ0) is 13.4. The van der Waals surface area contributed by atoms with E-state index in [-0.39, 0.29) is 0 Å². The molecule has 3 rings (SSSR count). The highest BCUT2D eigenvalue weighted by molar-refractivity contribution is 7.16. The van der Waals surface area contributed by atoms with Crippen molar-refractivity contribution < 1.29 is 4.74 Å². The maximum atomic E-state index is 6.28. The summed E-state index contributed by atoms with van der Waals surface area (Å²) in [6.45, 7) is 2.13. The van der Waals surface area contributed by atoms with E-state index in [2.05, 4.69) is 19.1 Å². The van der Waals surface area contributed by atoms with Crippen LogP contribution in [0.3, 0.4) is 0 Å². The van der Waals surface area contributed by atoms with Gasteiger partial charge in [0.15, 0.2) is 0 Å². The highest BCUT2D eigenvalue weighted by atomic mass is 32.1. The van der Waals surface area contributed by atoms with Crippen molar-refractivity contribution >= 4 is 16.3 Å². The normalized spacial score (nSPS) is 14.2. The van der Waals surface area contributed by atoms with Crippen molar-refractivity contribution in [3.63, 3.8) is 0 Å². The zero-order valence-corrected chi connectivity index (χ0v) is 12.3. The molecular weight excluding hydrogens is 254 g/mol. The first-order valence-corrected chi connectivity index (χ1v) is 7.57. The van der Waals surface area contributed by atoms with Crippen molar-refractivity contribution in [2.45, 2.75) is 32.6 Å². The number of hydrogen-bond donors (Lipinski definition) is 1. The fourth-order valence-corrected chi connectivity index (χ4v) is 4.10. The summed E-state index contributed by atoms with van der Waals surface area (Å²) < 4.78 is 5.28. The van der Waals surface area contributed by atoms with E-state index >= 15 is 0 Å². The molecule has 1 heterocycles. The molecule has 1 aliphatic rings. The van der Waals surface area contributed by atoms with Crippen LogP contribution in [0.5, 0.6) is 5.75 Å². The Bertz CT molecular complexity index is 615. The molecule has 0 fully saturated rings. The number of nitrogens with two attached hydrogens (primary N) is 1. The molecule has 1 aromatic heterocycles. The van der Waals surface area contributed by atoms with Crippen molar-refractivity contribution in [2.75, 3.05) is 12.8 Å². The number of aryl methyl sites for hydroxylation is 2. The lowest BCUT2D eigenvalue weighted by molar-refractivity contribution is 0.414. The zero-order valence-electron chi connectivity index (χ0n) is 11.5. The van der Waals surface area contributed by atoms with Crippen molar-refractivity contribution in [1.82, 2.24) is 0 Å². The predicted molar refractivity (Wildman–Crippen MR) is 82.1 cm³/mol. The third-order valence-corrected chi connectivity index (χ3v) is 5.02. The van der Waals surface area contributed by atoms with Crippen LogP contribution in [0.25, 0.3) is 11.1 Å². The van der Waals surface area contributed by atoms with Gasteiger partial charge in [-0.1, -0.05) is 6.07 Å². The molecule has 2 nitrogen and oxygen atoms in total. The van der Waals surface area contributed by atoms with Gasteiger partial charge in [-0.25, -0.2) is 0 Å². The van der Waals surface area contributed by atoms with E-state index < -0.39 is 0 Å². The third-order valence-electron chi connectivity index (χ3n) is 3.90. The summed E-state index contributed by atoms with van der Waals surface area (Å²) in [4.78, 5) is 1.49. The highest BCUT2D eigenvalue weighted by Gasteiger charge is 2.21. The van der Waals surface area contributed by atoms with Gasteiger partial charge >= 0.3 is 0 Å². The standard InChI is InChI=1S/C16H19NOS/c1-10-9-11(18-2)7-8-12(10)15-13-5-3-4-6-14(13)19-16(15)17/h7-9H,3-6,17H2,1-2H3. The molecule has 3 heteroatoms. The van der Waals surface area contributed by atoms with E-state index in [4.69, 9.17) is 10.5 Å². The Balaban J connectivity index is 2.14. The monoisotopic (exact) mass is 273 g/mol. The summed E-state index contributed by atoms with van der Waals surface area (Å²) in [5, 5.41) is 0.972. The number of thiophene rings is 1. The average molecular weight is 273 g/mol. The number of benzene rings is 1. The van der Waals surface area contributed by atoms with Crippen molar-refractivity contribution in [2.24, 2.45) is 0 Å². The van der Waals surface area contributed by atoms with E-state index in [1.165, 1.54) is 52.8 Å². The molecule has 1 aromatic carbocycles. The number of hydrogen-bond acceptors (Lipinski definition) is 3. The van der Waals surface area contributed by atoms with Gasteiger partial charge < -0.3 is 10.5 Å². The second-order valence-electron chi connectivity index (χ2n) is 5.13. The van der Waals surface area contributed by atoms with E-state index in [0.29, 0.717) is 0 Å². The van der Waals surface area contributed by atoms with Crippen LogP contribution in [0.1, 0.15) is 28.8 Å². The van der Waals surface area contributed by atoms with Crippen molar-refractivity contribution in [3.8, 4) is 16.9 Å². The second kappa shape index (κ2) is 4.89. The smallest absolute Gasteiger partial charge is 0.119 e. The van der Waals surface area contributed by atoms with Crippen molar-refractivity contribution in [3.05, 3.63) is 34.2 Å². The number of rotatable bonds is 2. The van der Waals surface area contributed by atoms with Gasteiger partial charge in [0.25, 0.3) is 0 Å². The Morgan fingerprint density at radius 2 is 2.00 bits per heavy atom. The van der Waals surface area contributed by atoms with Crippen LogP contribution in [0, 0.1) is 6.92 Å². The fourth-order valence-electron chi connectivity index (χ4n) is 2.93. The summed E-state index contributed by atoms with van der Waals surface area (Å²) in [5.41, 5.74) is 11.5. The van der Waals surface area contributed by atoms with Gasteiger partial charge in [0.05, 0.1) is 12.1 Å². The maximum absolute atomic E-state index is 6.28. The maximum Gasteiger partial charge on any atom is 0.119 e. The van der Waals surface area contributed by atoms with E-state index in [0.717, 1.165) is 10.8 Å². The quantitative estimate of drug-likeness (QED) is 0.890.